The number of halogens is 2. The molecule has 1 aliphatic rings. The molecule has 1 aliphatic heterocycles. The zero-order chi connectivity index (χ0) is 17.9. The van der Waals surface area contributed by atoms with Crippen molar-refractivity contribution >= 4 is 28.9 Å². The fourth-order valence-corrected chi connectivity index (χ4v) is 4.50. The Balaban J connectivity index is 1.76. The van der Waals surface area contributed by atoms with Crippen molar-refractivity contribution in [1.29, 1.82) is 0 Å². The standard InChI is InChI=1S/C21H25Cl2NO/c1-20(2)15-21(9-11-25-20,16-6-4-3-5-7-16)8-10-24-19-13-17(22)12-18(23)14-19/h3-7,12-14,24H,8-11,15H2,1-2H3. The first-order chi connectivity index (χ1) is 11.9. The van der Waals surface area contributed by atoms with Crippen LogP contribution in [0.3, 0.4) is 0 Å². The molecule has 0 radical (unpaired) electrons. The maximum absolute atomic E-state index is 6.10. The molecule has 3 rings (SSSR count). The highest BCUT2D eigenvalue weighted by molar-refractivity contribution is 6.35. The molecule has 1 heterocycles. The second-order valence-corrected chi connectivity index (χ2v) is 8.39. The molecule has 1 unspecified atom stereocenters. The molecule has 134 valence electrons. The Morgan fingerprint density at radius 1 is 1.04 bits per heavy atom. The monoisotopic (exact) mass is 377 g/mol. The van der Waals surface area contributed by atoms with Gasteiger partial charge < -0.3 is 10.1 Å². The Bertz CT molecular complexity index is 697. The predicted octanol–water partition coefficient (Wildman–Crippen LogP) is 6.32. The van der Waals surface area contributed by atoms with Crippen molar-refractivity contribution in [3.05, 3.63) is 64.1 Å². The van der Waals surface area contributed by atoms with Crippen molar-refractivity contribution in [2.75, 3.05) is 18.5 Å². The van der Waals surface area contributed by atoms with Gasteiger partial charge in [-0.05, 0) is 56.9 Å². The van der Waals surface area contributed by atoms with E-state index in [0.29, 0.717) is 10.0 Å². The lowest BCUT2D eigenvalue weighted by atomic mass is 9.67. The second kappa shape index (κ2) is 7.57. The minimum absolute atomic E-state index is 0.104. The van der Waals surface area contributed by atoms with Gasteiger partial charge in [0.15, 0.2) is 0 Å². The van der Waals surface area contributed by atoms with Gasteiger partial charge in [0.2, 0.25) is 0 Å². The summed E-state index contributed by atoms with van der Waals surface area (Å²) in [6.07, 6.45) is 3.09. The van der Waals surface area contributed by atoms with Crippen molar-refractivity contribution < 1.29 is 4.74 Å². The van der Waals surface area contributed by atoms with Gasteiger partial charge in [0.25, 0.3) is 0 Å². The van der Waals surface area contributed by atoms with E-state index < -0.39 is 0 Å². The van der Waals surface area contributed by atoms with Gasteiger partial charge in [-0.3, -0.25) is 0 Å². The van der Waals surface area contributed by atoms with Crippen LogP contribution in [-0.2, 0) is 10.2 Å². The molecule has 25 heavy (non-hydrogen) atoms. The van der Waals surface area contributed by atoms with Gasteiger partial charge in [-0.1, -0.05) is 53.5 Å². The van der Waals surface area contributed by atoms with E-state index in [2.05, 4.69) is 49.5 Å². The lowest BCUT2D eigenvalue weighted by Gasteiger charge is -2.45. The van der Waals surface area contributed by atoms with Gasteiger partial charge in [-0.2, -0.15) is 0 Å². The van der Waals surface area contributed by atoms with E-state index in [-0.39, 0.29) is 11.0 Å². The van der Waals surface area contributed by atoms with Crippen LogP contribution >= 0.6 is 23.2 Å². The van der Waals surface area contributed by atoms with E-state index in [1.807, 2.05) is 12.1 Å². The van der Waals surface area contributed by atoms with Crippen molar-refractivity contribution in [2.45, 2.75) is 44.1 Å². The number of nitrogens with one attached hydrogen (secondary N) is 1. The van der Waals surface area contributed by atoms with E-state index in [4.69, 9.17) is 27.9 Å². The minimum atomic E-state index is -0.104. The van der Waals surface area contributed by atoms with Crippen LogP contribution in [0.4, 0.5) is 5.69 Å². The molecule has 0 aromatic heterocycles. The average Bonchev–Trinajstić information content (AvgIpc) is 2.54. The topological polar surface area (TPSA) is 21.3 Å². The number of rotatable bonds is 5. The van der Waals surface area contributed by atoms with Crippen molar-refractivity contribution in [3.8, 4) is 0 Å². The fraction of sp³-hybridized carbons (Fsp3) is 0.429. The van der Waals surface area contributed by atoms with Gasteiger partial charge in [0, 0.05) is 34.3 Å². The van der Waals surface area contributed by atoms with Gasteiger partial charge in [-0.15, -0.1) is 0 Å². The van der Waals surface area contributed by atoms with E-state index >= 15 is 0 Å². The fourth-order valence-electron chi connectivity index (χ4n) is 3.97. The lowest BCUT2D eigenvalue weighted by molar-refractivity contribution is -0.0834. The summed E-state index contributed by atoms with van der Waals surface area (Å²) >= 11 is 12.2. The molecule has 1 atom stereocenters. The zero-order valence-corrected chi connectivity index (χ0v) is 16.3. The van der Waals surface area contributed by atoms with Crippen LogP contribution in [0.5, 0.6) is 0 Å². The third-order valence-corrected chi connectivity index (χ3v) is 5.46. The van der Waals surface area contributed by atoms with Crippen LogP contribution in [-0.4, -0.2) is 18.8 Å². The molecule has 1 fully saturated rings. The quantitative estimate of drug-likeness (QED) is 0.657. The highest BCUT2D eigenvalue weighted by Crippen LogP contribution is 2.44. The van der Waals surface area contributed by atoms with E-state index in [1.54, 1.807) is 6.07 Å². The number of hydrogen-bond donors (Lipinski definition) is 1. The zero-order valence-electron chi connectivity index (χ0n) is 14.8. The van der Waals surface area contributed by atoms with Crippen LogP contribution in [0.2, 0.25) is 10.0 Å². The van der Waals surface area contributed by atoms with Crippen LogP contribution in [0.1, 0.15) is 38.7 Å². The Morgan fingerprint density at radius 2 is 1.72 bits per heavy atom. The largest absolute Gasteiger partial charge is 0.385 e. The number of anilines is 1. The first-order valence-electron chi connectivity index (χ1n) is 8.78. The summed E-state index contributed by atoms with van der Waals surface area (Å²) in [5.74, 6) is 0. The molecule has 4 heteroatoms. The maximum atomic E-state index is 6.10. The van der Waals surface area contributed by atoms with Crippen LogP contribution < -0.4 is 5.32 Å². The van der Waals surface area contributed by atoms with E-state index in [0.717, 1.165) is 38.1 Å². The first-order valence-corrected chi connectivity index (χ1v) is 9.54. The second-order valence-electron chi connectivity index (χ2n) is 7.52. The summed E-state index contributed by atoms with van der Waals surface area (Å²) in [7, 11) is 0. The molecule has 2 aromatic rings. The molecule has 1 N–H and O–H groups in total. The maximum Gasteiger partial charge on any atom is 0.0635 e. The van der Waals surface area contributed by atoms with Gasteiger partial charge in [0.1, 0.15) is 0 Å². The molecule has 0 spiro atoms. The third-order valence-electron chi connectivity index (χ3n) is 5.02. The molecule has 0 aliphatic carbocycles. The highest BCUT2D eigenvalue weighted by atomic mass is 35.5. The number of ether oxygens (including phenoxy) is 1. The summed E-state index contributed by atoms with van der Waals surface area (Å²) in [6.45, 7) is 6.04. The Kier molecular flexibility index (Phi) is 5.62. The summed E-state index contributed by atoms with van der Waals surface area (Å²) in [5, 5.41) is 4.79. The van der Waals surface area contributed by atoms with Crippen molar-refractivity contribution in [1.82, 2.24) is 0 Å². The van der Waals surface area contributed by atoms with Crippen molar-refractivity contribution in [3.63, 3.8) is 0 Å². The molecule has 0 saturated carbocycles. The van der Waals surface area contributed by atoms with E-state index in [1.165, 1.54) is 5.56 Å². The van der Waals surface area contributed by atoms with Gasteiger partial charge in [-0.25, -0.2) is 0 Å². The molecule has 0 bridgehead atoms. The summed E-state index contributed by atoms with van der Waals surface area (Å²) in [4.78, 5) is 0. The van der Waals surface area contributed by atoms with Gasteiger partial charge in [0.05, 0.1) is 5.60 Å². The molecular weight excluding hydrogens is 353 g/mol. The lowest BCUT2D eigenvalue weighted by Crippen LogP contribution is -2.44. The average molecular weight is 378 g/mol. The molecular formula is C21H25Cl2NO. The first kappa shape index (κ1) is 18.6. The normalized spacial score (nSPS) is 22.6. The highest BCUT2D eigenvalue weighted by Gasteiger charge is 2.41. The molecule has 0 amide bonds. The Labute approximate surface area is 160 Å². The summed E-state index contributed by atoms with van der Waals surface area (Å²) in [6, 6.07) is 16.4. The summed E-state index contributed by atoms with van der Waals surface area (Å²) < 4.78 is 5.98. The smallest absolute Gasteiger partial charge is 0.0635 e. The predicted molar refractivity (Wildman–Crippen MR) is 107 cm³/mol. The van der Waals surface area contributed by atoms with Crippen LogP contribution in [0.25, 0.3) is 0 Å². The summed E-state index contributed by atoms with van der Waals surface area (Å²) in [5.41, 5.74) is 2.38. The Morgan fingerprint density at radius 3 is 2.36 bits per heavy atom. The number of benzene rings is 2. The SMILES string of the molecule is CC1(C)CC(CCNc2cc(Cl)cc(Cl)c2)(c2ccccc2)CCO1. The minimum Gasteiger partial charge on any atom is -0.385 e. The molecule has 2 nitrogen and oxygen atoms in total. The number of hydrogen-bond acceptors (Lipinski definition) is 2. The van der Waals surface area contributed by atoms with Crippen molar-refractivity contribution in [2.24, 2.45) is 0 Å². The van der Waals surface area contributed by atoms with Gasteiger partial charge >= 0.3 is 0 Å². The Hall–Kier alpha value is -1.22. The van der Waals surface area contributed by atoms with E-state index in [9.17, 15) is 0 Å². The van der Waals surface area contributed by atoms with Crippen LogP contribution in [0, 0.1) is 0 Å². The molecule has 1 saturated heterocycles. The third kappa shape index (κ3) is 4.69. The van der Waals surface area contributed by atoms with Crippen LogP contribution in [0.15, 0.2) is 48.5 Å². The molecule has 2 aromatic carbocycles.